The molecule has 84 valence electrons. The van der Waals surface area contributed by atoms with Crippen LogP contribution >= 0.6 is 0 Å². The highest BCUT2D eigenvalue weighted by molar-refractivity contribution is 5.09. The van der Waals surface area contributed by atoms with Crippen molar-refractivity contribution in [1.29, 1.82) is 0 Å². The summed E-state index contributed by atoms with van der Waals surface area (Å²) in [5.74, 6) is 0. The van der Waals surface area contributed by atoms with Crippen molar-refractivity contribution >= 4 is 0 Å². The summed E-state index contributed by atoms with van der Waals surface area (Å²) in [7, 11) is 0. The monoisotopic (exact) mass is 200 g/mol. The molecule has 2 N–H and O–H groups in total. The molecule has 0 aromatic rings. The maximum Gasteiger partial charge on any atom is 0.0431 e. The lowest BCUT2D eigenvalue weighted by molar-refractivity contribution is 0.283. The van der Waals surface area contributed by atoms with Crippen LogP contribution in [0.2, 0.25) is 0 Å². The molecule has 0 aliphatic heterocycles. The minimum Gasteiger partial charge on any atom is -0.396 e. The van der Waals surface area contributed by atoms with Gasteiger partial charge >= 0.3 is 0 Å². The summed E-state index contributed by atoms with van der Waals surface area (Å²) in [6.45, 7) is 4.95. The Balaban J connectivity index is 3.66. The Morgan fingerprint density at radius 3 is 1.36 bits per heavy atom. The predicted octanol–water partition coefficient (Wildman–Crippen LogP) is 2.65. The molecule has 14 heavy (non-hydrogen) atoms. The molecule has 0 aliphatic carbocycles. The van der Waals surface area contributed by atoms with Crippen LogP contribution < -0.4 is 0 Å². The van der Waals surface area contributed by atoms with Gasteiger partial charge in [0.15, 0.2) is 0 Å². The third kappa shape index (κ3) is 7.10. The van der Waals surface area contributed by atoms with Gasteiger partial charge in [-0.05, 0) is 52.4 Å². The fourth-order valence-electron chi connectivity index (χ4n) is 1.43. The van der Waals surface area contributed by atoms with Crippen molar-refractivity contribution < 1.29 is 10.2 Å². The van der Waals surface area contributed by atoms with Crippen LogP contribution in [0.4, 0.5) is 0 Å². The van der Waals surface area contributed by atoms with Gasteiger partial charge in [0.05, 0.1) is 0 Å². The summed E-state index contributed by atoms with van der Waals surface area (Å²) in [4.78, 5) is 0. The molecular formula is C12H24O2. The lowest BCUT2D eigenvalue weighted by Gasteiger charge is -2.07. The Labute approximate surface area is 87.7 Å². The van der Waals surface area contributed by atoms with Crippen molar-refractivity contribution in [3.05, 3.63) is 11.1 Å². The number of unbranched alkanes of at least 4 members (excludes halogenated alkanes) is 2. The van der Waals surface area contributed by atoms with Crippen LogP contribution in [0.15, 0.2) is 11.1 Å². The lowest BCUT2D eigenvalue weighted by Crippen LogP contribution is -1.90. The summed E-state index contributed by atoms with van der Waals surface area (Å²) >= 11 is 0. The van der Waals surface area contributed by atoms with Gasteiger partial charge in [0.2, 0.25) is 0 Å². The highest BCUT2D eigenvalue weighted by Gasteiger charge is 1.97. The Morgan fingerprint density at radius 2 is 1.07 bits per heavy atom. The normalized spacial score (nSPS) is 12.9. The summed E-state index contributed by atoms with van der Waals surface area (Å²) in [6.07, 6.45) is 6.18. The zero-order chi connectivity index (χ0) is 10.8. The van der Waals surface area contributed by atoms with Gasteiger partial charge in [-0.2, -0.15) is 0 Å². The zero-order valence-electron chi connectivity index (χ0n) is 9.55. The Hall–Kier alpha value is -0.340. The number of aliphatic hydroxyl groups is 2. The number of allylic oxidation sites excluding steroid dienone is 2. The standard InChI is InChI=1S/C12H24O2/c1-11(7-3-5-9-13)12(2)8-4-6-10-14/h13-14H,3-10H2,1-2H3/b12-11+. The summed E-state index contributed by atoms with van der Waals surface area (Å²) in [5, 5.41) is 17.3. The van der Waals surface area contributed by atoms with Crippen molar-refractivity contribution in [2.75, 3.05) is 13.2 Å². The van der Waals surface area contributed by atoms with Crippen LogP contribution in [0.25, 0.3) is 0 Å². The molecular weight excluding hydrogens is 176 g/mol. The van der Waals surface area contributed by atoms with Gasteiger partial charge in [-0.15, -0.1) is 0 Å². The van der Waals surface area contributed by atoms with Gasteiger partial charge in [-0.1, -0.05) is 11.1 Å². The van der Waals surface area contributed by atoms with Gasteiger partial charge in [0, 0.05) is 13.2 Å². The van der Waals surface area contributed by atoms with Gasteiger partial charge in [-0.3, -0.25) is 0 Å². The first-order chi connectivity index (χ1) is 6.72. The Bertz CT molecular complexity index is 144. The van der Waals surface area contributed by atoms with Crippen molar-refractivity contribution in [2.45, 2.75) is 52.4 Å². The lowest BCUT2D eigenvalue weighted by atomic mass is 10.0. The van der Waals surface area contributed by atoms with Crippen LogP contribution in [0.3, 0.4) is 0 Å². The summed E-state index contributed by atoms with van der Waals surface area (Å²) in [6, 6.07) is 0. The fourth-order valence-corrected chi connectivity index (χ4v) is 1.43. The molecule has 2 nitrogen and oxygen atoms in total. The molecule has 0 aromatic carbocycles. The number of hydrogen-bond acceptors (Lipinski definition) is 2. The van der Waals surface area contributed by atoms with Gasteiger partial charge in [0.1, 0.15) is 0 Å². The van der Waals surface area contributed by atoms with Crippen molar-refractivity contribution in [1.82, 2.24) is 0 Å². The Morgan fingerprint density at radius 1 is 0.714 bits per heavy atom. The van der Waals surface area contributed by atoms with Crippen molar-refractivity contribution in [2.24, 2.45) is 0 Å². The molecule has 0 radical (unpaired) electrons. The minimum atomic E-state index is 0.302. The molecule has 2 heteroatoms. The second-order valence-electron chi connectivity index (χ2n) is 3.92. The third-order valence-corrected chi connectivity index (χ3v) is 2.65. The first-order valence-electron chi connectivity index (χ1n) is 5.59. The minimum absolute atomic E-state index is 0.302. The highest BCUT2D eigenvalue weighted by Crippen LogP contribution is 2.16. The summed E-state index contributed by atoms with van der Waals surface area (Å²) < 4.78 is 0. The molecule has 0 bridgehead atoms. The van der Waals surface area contributed by atoms with E-state index in [0.717, 1.165) is 38.5 Å². The molecule has 0 amide bonds. The van der Waals surface area contributed by atoms with E-state index in [1.165, 1.54) is 11.1 Å². The van der Waals surface area contributed by atoms with Gasteiger partial charge in [-0.25, -0.2) is 0 Å². The molecule has 0 rings (SSSR count). The fraction of sp³-hybridized carbons (Fsp3) is 0.833. The van der Waals surface area contributed by atoms with Crippen LogP contribution in [0.1, 0.15) is 52.4 Å². The van der Waals surface area contributed by atoms with E-state index in [9.17, 15) is 0 Å². The van der Waals surface area contributed by atoms with E-state index in [4.69, 9.17) is 10.2 Å². The number of rotatable bonds is 8. The van der Waals surface area contributed by atoms with E-state index in [1.807, 2.05) is 0 Å². The van der Waals surface area contributed by atoms with Crippen LogP contribution in [-0.4, -0.2) is 23.4 Å². The third-order valence-electron chi connectivity index (χ3n) is 2.65. The Kier molecular flexibility index (Phi) is 9.00. The molecule has 0 aliphatic rings. The van der Waals surface area contributed by atoms with Crippen LogP contribution in [0.5, 0.6) is 0 Å². The molecule has 0 spiro atoms. The molecule has 0 atom stereocenters. The molecule has 0 saturated carbocycles. The summed E-state index contributed by atoms with van der Waals surface area (Å²) in [5.41, 5.74) is 2.91. The molecule has 0 unspecified atom stereocenters. The average Bonchev–Trinajstić information content (AvgIpc) is 2.18. The van der Waals surface area contributed by atoms with E-state index < -0.39 is 0 Å². The molecule has 0 heterocycles. The predicted molar refractivity (Wildman–Crippen MR) is 60.2 cm³/mol. The van der Waals surface area contributed by atoms with E-state index >= 15 is 0 Å². The molecule has 0 fully saturated rings. The molecule has 0 saturated heterocycles. The van der Waals surface area contributed by atoms with Crippen molar-refractivity contribution in [3.63, 3.8) is 0 Å². The topological polar surface area (TPSA) is 40.5 Å². The maximum absolute atomic E-state index is 8.65. The average molecular weight is 200 g/mol. The number of hydrogen-bond donors (Lipinski definition) is 2. The quantitative estimate of drug-likeness (QED) is 0.467. The second kappa shape index (κ2) is 9.22. The van der Waals surface area contributed by atoms with E-state index in [2.05, 4.69) is 13.8 Å². The second-order valence-corrected chi connectivity index (χ2v) is 3.92. The van der Waals surface area contributed by atoms with E-state index in [-0.39, 0.29) is 0 Å². The van der Waals surface area contributed by atoms with E-state index in [0.29, 0.717) is 13.2 Å². The highest BCUT2D eigenvalue weighted by atomic mass is 16.3. The molecule has 0 aromatic heterocycles. The first kappa shape index (κ1) is 13.7. The van der Waals surface area contributed by atoms with Crippen molar-refractivity contribution in [3.8, 4) is 0 Å². The van der Waals surface area contributed by atoms with Crippen LogP contribution in [0, 0.1) is 0 Å². The van der Waals surface area contributed by atoms with Gasteiger partial charge < -0.3 is 10.2 Å². The smallest absolute Gasteiger partial charge is 0.0431 e. The first-order valence-corrected chi connectivity index (χ1v) is 5.59. The van der Waals surface area contributed by atoms with Gasteiger partial charge in [0.25, 0.3) is 0 Å². The number of aliphatic hydroxyl groups excluding tert-OH is 2. The van der Waals surface area contributed by atoms with Crippen LogP contribution in [-0.2, 0) is 0 Å². The largest absolute Gasteiger partial charge is 0.396 e. The SMILES string of the molecule is C/C(CCCCO)=C(/C)CCCCO. The zero-order valence-corrected chi connectivity index (χ0v) is 9.55. The maximum atomic E-state index is 8.65. The van der Waals surface area contributed by atoms with E-state index in [1.54, 1.807) is 0 Å².